The Morgan fingerprint density at radius 2 is 2.04 bits per heavy atom. The average Bonchev–Trinajstić information content (AvgIpc) is 2.82. The van der Waals surface area contributed by atoms with Crippen molar-refractivity contribution in [1.82, 2.24) is 15.1 Å². The quantitative estimate of drug-likeness (QED) is 0.798. The van der Waals surface area contributed by atoms with Gasteiger partial charge < -0.3 is 10.1 Å². The SMILES string of the molecule is COc1ccc(Cl)cc1CN(C)CN1C(=O)NC2(CCC(C)CC2)C1=O. The molecule has 0 bridgehead atoms. The van der Waals surface area contributed by atoms with E-state index in [4.69, 9.17) is 16.3 Å². The number of benzene rings is 1. The second kappa shape index (κ2) is 7.45. The van der Waals surface area contributed by atoms with Gasteiger partial charge in [0.15, 0.2) is 0 Å². The number of halogens is 1. The van der Waals surface area contributed by atoms with Gasteiger partial charge in [-0.15, -0.1) is 0 Å². The Balaban J connectivity index is 1.68. The summed E-state index contributed by atoms with van der Waals surface area (Å²) in [5.74, 6) is 1.24. The fourth-order valence-electron chi connectivity index (χ4n) is 3.85. The normalized spacial score (nSPS) is 25.9. The summed E-state index contributed by atoms with van der Waals surface area (Å²) in [4.78, 5) is 28.6. The van der Waals surface area contributed by atoms with Crippen LogP contribution in [0.15, 0.2) is 18.2 Å². The van der Waals surface area contributed by atoms with Gasteiger partial charge in [-0.2, -0.15) is 0 Å². The minimum absolute atomic E-state index is 0.0979. The first-order chi connectivity index (χ1) is 12.3. The van der Waals surface area contributed by atoms with Gasteiger partial charge in [0.1, 0.15) is 11.3 Å². The molecule has 0 unspecified atom stereocenters. The van der Waals surface area contributed by atoms with Gasteiger partial charge in [0.25, 0.3) is 5.91 Å². The standard InChI is InChI=1S/C19H26ClN3O3/c1-13-6-8-19(9-7-13)17(24)23(18(25)21-19)12-22(2)11-14-10-15(20)4-5-16(14)26-3/h4-5,10,13H,6-9,11-12H2,1-3H3,(H,21,25). The first kappa shape index (κ1) is 19.0. The van der Waals surface area contributed by atoms with Crippen LogP contribution in [-0.2, 0) is 11.3 Å². The average molecular weight is 380 g/mol. The summed E-state index contributed by atoms with van der Waals surface area (Å²) in [7, 11) is 3.48. The Labute approximate surface area is 159 Å². The molecule has 1 aromatic carbocycles. The van der Waals surface area contributed by atoms with Crippen molar-refractivity contribution in [3.63, 3.8) is 0 Å². The topological polar surface area (TPSA) is 61.9 Å². The van der Waals surface area contributed by atoms with Crippen molar-refractivity contribution in [1.29, 1.82) is 0 Å². The van der Waals surface area contributed by atoms with E-state index >= 15 is 0 Å². The fourth-order valence-corrected chi connectivity index (χ4v) is 4.05. The van der Waals surface area contributed by atoms with Crippen LogP contribution in [0.2, 0.25) is 5.02 Å². The molecule has 1 aliphatic carbocycles. The zero-order valence-corrected chi connectivity index (χ0v) is 16.3. The smallest absolute Gasteiger partial charge is 0.326 e. The van der Waals surface area contributed by atoms with E-state index in [1.165, 1.54) is 4.90 Å². The molecular formula is C19H26ClN3O3. The van der Waals surface area contributed by atoms with Gasteiger partial charge in [-0.1, -0.05) is 18.5 Å². The molecule has 2 aliphatic rings. The summed E-state index contributed by atoms with van der Waals surface area (Å²) in [6, 6.07) is 5.13. The van der Waals surface area contributed by atoms with Crippen molar-refractivity contribution in [2.45, 2.75) is 44.7 Å². The monoisotopic (exact) mass is 379 g/mol. The van der Waals surface area contributed by atoms with Gasteiger partial charge in [-0.25, -0.2) is 9.69 Å². The predicted octanol–water partition coefficient (Wildman–Crippen LogP) is 3.24. The van der Waals surface area contributed by atoms with Crippen molar-refractivity contribution in [3.8, 4) is 5.75 Å². The Morgan fingerprint density at radius 3 is 2.69 bits per heavy atom. The summed E-state index contributed by atoms with van der Waals surface area (Å²) < 4.78 is 5.37. The summed E-state index contributed by atoms with van der Waals surface area (Å²) in [6.45, 7) is 2.94. The minimum atomic E-state index is -0.696. The molecule has 3 rings (SSSR count). The van der Waals surface area contributed by atoms with E-state index in [1.54, 1.807) is 13.2 Å². The second-order valence-corrected chi connectivity index (χ2v) is 7.98. The lowest BCUT2D eigenvalue weighted by atomic mass is 9.77. The lowest BCUT2D eigenvalue weighted by molar-refractivity contribution is -0.134. The van der Waals surface area contributed by atoms with E-state index in [0.29, 0.717) is 17.5 Å². The predicted molar refractivity (Wildman–Crippen MR) is 100 cm³/mol. The third kappa shape index (κ3) is 3.67. The largest absolute Gasteiger partial charge is 0.496 e. The number of urea groups is 1. The minimum Gasteiger partial charge on any atom is -0.496 e. The van der Waals surface area contributed by atoms with Crippen molar-refractivity contribution < 1.29 is 14.3 Å². The molecule has 1 spiro atoms. The van der Waals surface area contributed by atoms with Crippen LogP contribution in [0.25, 0.3) is 0 Å². The first-order valence-electron chi connectivity index (χ1n) is 9.00. The highest BCUT2D eigenvalue weighted by Gasteiger charge is 2.52. The van der Waals surface area contributed by atoms with Crippen LogP contribution in [0.4, 0.5) is 4.79 Å². The molecule has 1 heterocycles. The highest BCUT2D eigenvalue weighted by molar-refractivity contribution is 6.30. The van der Waals surface area contributed by atoms with Gasteiger partial charge in [-0.3, -0.25) is 9.69 Å². The van der Waals surface area contributed by atoms with Crippen LogP contribution in [0.1, 0.15) is 38.2 Å². The number of nitrogens with one attached hydrogen (secondary N) is 1. The molecule has 6 nitrogen and oxygen atoms in total. The van der Waals surface area contributed by atoms with E-state index in [-0.39, 0.29) is 18.6 Å². The van der Waals surface area contributed by atoms with Crippen LogP contribution in [0, 0.1) is 5.92 Å². The number of ether oxygens (including phenoxy) is 1. The number of methoxy groups -OCH3 is 1. The number of amides is 3. The third-order valence-electron chi connectivity index (χ3n) is 5.44. The summed E-state index contributed by atoms with van der Waals surface area (Å²) in [5, 5.41) is 3.58. The number of hydrogen-bond acceptors (Lipinski definition) is 4. The molecule has 26 heavy (non-hydrogen) atoms. The maximum atomic E-state index is 12.9. The molecule has 3 amide bonds. The summed E-state index contributed by atoms with van der Waals surface area (Å²) in [6.07, 6.45) is 3.38. The van der Waals surface area contributed by atoms with E-state index in [0.717, 1.165) is 37.0 Å². The number of rotatable bonds is 5. The highest BCUT2D eigenvalue weighted by Crippen LogP contribution is 2.36. The molecule has 7 heteroatoms. The molecule has 0 aromatic heterocycles. The number of carbonyl (C=O) groups excluding carboxylic acids is 2. The maximum absolute atomic E-state index is 12.9. The number of imide groups is 1. The number of carbonyl (C=O) groups is 2. The van der Waals surface area contributed by atoms with Crippen molar-refractivity contribution >= 4 is 23.5 Å². The zero-order chi connectivity index (χ0) is 18.9. The Morgan fingerprint density at radius 1 is 1.35 bits per heavy atom. The van der Waals surface area contributed by atoms with Crippen LogP contribution in [-0.4, -0.2) is 48.1 Å². The van der Waals surface area contributed by atoms with Crippen LogP contribution in [0.5, 0.6) is 5.75 Å². The third-order valence-corrected chi connectivity index (χ3v) is 5.67. The van der Waals surface area contributed by atoms with Gasteiger partial charge in [0, 0.05) is 17.1 Å². The second-order valence-electron chi connectivity index (χ2n) is 7.54. The molecule has 1 aromatic rings. The van der Waals surface area contributed by atoms with E-state index < -0.39 is 5.54 Å². The van der Waals surface area contributed by atoms with Gasteiger partial charge in [-0.05, 0) is 56.8 Å². The molecule has 2 fully saturated rings. The number of nitrogens with zero attached hydrogens (tertiary/aromatic N) is 2. The molecule has 142 valence electrons. The van der Waals surface area contributed by atoms with E-state index in [9.17, 15) is 9.59 Å². The van der Waals surface area contributed by atoms with Crippen molar-refractivity contribution in [2.24, 2.45) is 5.92 Å². The fraction of sp³-hybridized carbons (Fsp3) is 0.579. The lowest BCUT2D eigenvalue weighted by Crippen LogP contribution is -2.49. The zero-order valence-electron chi connectivity index (χ0n) is 15.5. The Kier molecular flexibility index (Phi) is 5.44. The molecule has 0 radical (unpaired) electrons. The Bertz CT molecular complexity index is 701. The molecule has 1 saturated carbocycles. The molecular weight excluding hydrogens is 354 g/mol. The van der Waals surface area contributed by atoms with Gasteiger partial charge in [0.05, 0.1) is 13.8 Å². The molecule has 1 aliphatic heterocycles. The van der Waals surface area contributed by atoms with Crippen LogP contribution in [0.3, 0.4) is 0 Å². The van der Waals surface area contributed by atoms with E-state index in [2.05, 4.69) is 12.2 Å². The van der Waals surface area contributed by atoms with Crippen LogP contribution < -0.4 is 10.1 Å². The Hall–Kier alpha value is -1.79. The number of hydrogen-bond donors (Lipinski definition) is 1. The van der Waals surface area contributed by atoms with Gasteiger partial charge in [0.2, 0.25) is 0 Å². The summed E-state index contributed by atoms with van der Waals surface area (Å²) >= 11 is 6.08. The summed E-state index contributed by atoms with van der Waals surface area (Å²) in [5.41, 5.74) is 0.216. The van der Waals surface area contributed by atoms with E-state index in [1.807, 2.05) is 24.1 Å². The molecule has 1 saturated heterocycles. The van der Waals surface area contributed by atoms with Crippen molar-refractivity contribution in [3.05, 3.63) is 28.8 Å². The molecule has 0 atom stereocenters. The lowest BCUT2D eigenvalue weighted by Gasteiger charge is -2.33. The van der Waals surface area contributed by atoms with Gasteiger partial charge >= 0.3 is 6.03 Å². The molecule has 1 N–H and O–H groups in total. The highest BCUT2D eigenvalue weighted by atomic mass is 35.5. The maximum Gasteiger partial charge on any atom is 0.326 e. The van der Waals surface area contributed by atoms with Crippen molar-refractivity contribution in [2.75, 3.05) is 20.8 Å². The van der Waals surface area contributed by atoms with Crippen LogP contribution >= 0.6 is 11.6 Å². The first-order valence-corrected chi connectivity index (χ1v) is 9.37.